The van der Waals surface area contributed by atoms with Gasteiger partial charge in [-0.3, -0.25) is 27.4 Å². The Bertz CT molecular complexity index is 1830. The molecule has 0 rings (SSSR count). The fourth-order valence-corrected chi connectivity index (χ4v) is 17.6. The van der Waals surface area contributed by atoms with Crippen LogP contribution >= 0.6 is 46.9 Å². The van der Waals surface area contributed by atoms with E-state index in [0.29, 0.717) is 0 Å². The van der Waals surface area contributed by atoms with E-state index < -0.39 is 46.9 Å². The Morgan fingerprint density at radius 3 is 0.236 bits per heavy atom. The summed E-state index contributed by atoms with van der Waals surface area (Å²) in [5.74, 6) is 0. The van der Waals surface area contributed by atoms with Crippen LogP contribution in [-0.2, 0) is 103 Å². The molecular weight excluding hydrogens is 1820 g/mol. The molecule has 0 aromatic heterocycles. The Hall–Kier alpha value is 1.35. The minimum absolute atomic E-state index is 0. The molecule has 0 N–H and O–H groups in total. The van der Waals surface area contributed by atoms with Gasteiger partial charge in [-0.15, -0.1) is 0 Å². The average molecular weight is 2020 g/mol. The van der Waals surface area contributed by atoms with Crippen LogP contribution in [0.25, 0.3) is 0 Å². The van der Waals surface area contributed by atoms with Crippen molar-refractivity contribution in [3.63, 3.8) is 0 Å². The van der Waals surface area contributed by atoms with Gasteiger partial charge in [0.15, 0.2) is 0 Å². The Labute approximate surface area is 798 Å². The van der Waals surface area contributed by atoms with E-state index in [1.807, 2.05) is 0 Å². The first-order valence-electron chi connectivity index (χ1n) is 52.3. The van der Waals surface area contributed by atoms with Crippen molar-refractivity contribution in [1.82, 2.24) is 0 Å². The summed E-state index contributed by atoms with van der Waals surface area (Å²) >= 11 is 0. The van der Waals surface area contributed by atoms with Gasteiger partial charge in [0, 0.05) is 21.1 Å². The summed E-state index contributed by atoms with van der Waals surface area (Å²) in [6.07, 6.45) is 79.9. The van der Waals surface area contributed by atoms with E-state index >= 15 is 0 Å². The molecule has 0 unspecified atom stereocenters. The van der Waals surface area contributed by atoms with Crippen molar-refractivity contribution in [2.24, 2.45) is 0 Å². The van der Waals surface area contributed by atoms with Crippen molar-refractivity contribution in [2.45, 2.75) is 545 Å². The van der Waals surface area contributed by atoms with Crippen LogP contribution in [0.3, 0.4) is 0 Å². The topological polar surface area (TPSA) is 352 Å². The summed E-state index contributed by atoms with van der Waals surface area (Å²) < 4.78 is 127. The number of unbranched alkanes of at least 4 members (excludes halogenated alkanes) is 60. The van der Waals surface area contributed by atoms with Crippen LogP contribution in [0.15, 0.2) is 0 Å². The standard InChI is InChI=1S/6C16H35O4P.Mo/c6*1-3-5-7-9-11-13-15-19-21(17,18)20-16-14-12-10-8-6-4-2;/h6*3-16H2,1-2H3,(H,17,18);/p-6. The molecule has 0 saturated carbocycles. The maximum absolute atomic E-state index is 11.5. The molecule has 0 fully saturated rings. The number of phosphoric ester groups is 6. The number of hydrogen-bond acceptors (Lipinski definition) is 24. The van der Waals surface area contributed by atoms with E-state index in [2.05, 4.69) is 83.1 Å². The molecule has 127 heavy (non-hydrogen) atoms. The number of phosphoric acid groups is 6. The first-order chi connectivity index (χ1) is 60.7. The van der Waals surface area contributed by atoms with Crippen molar-refractivity contribution in [3.05, 3.63) is 0 Å². The quantitative estimate of drug-likeness (QED) is 0.0310. The van der Waals surface area contributed by atoms with Crippen molar-refractivity contribution >= 4 is 46.9 Å². The smallest absolute Gasteiger partial charge is 0.267 e. The minimum atomic E-state index is -4.07. The van der Waals surface area contributed by atoms with E-state index in [1.165, 1.54) is 231 Å². The summed E-state index contributed by atoms with van der Waals surface area (Å²) in [7, 11) is -24.4. The largest absolute Gasteiger partial charge is 0.756 e. The maximum Gasteiger partial charge on any atom is 0.267 e. The molecule has 0 aromatic rings. The van der Waals surface area contributed by atoms with Crippen LogP contribution < -0.4 is 29.4 Å². The Morgan fingerprint density at radius 2 is 0.173 bits per heavy atom. The molecule has 0 amide bonds. The van der Waals surface area contributed by atoms with Crippen LogP contribution in [0.4, 0.5) is 0 Å². The molecule has 0 atom stereocenters. The molecule has 0 aliphatic carbocycles. The molecule has 0 aromatic carbocycles. The van der Waals surface area contributed by atoms with Gasteiger partial charge in [-0.2, -0.15) is 0 Å². The van der Waals surface area contributed by atoms with Crippen LogP contribution in [0, 0.1) is 0 Å². The van der Waals surface area contributed by atoms with Gasteiger partial charge in [-0.25, -0.2) is 0 Å². The van der Waals surface area contributed by atoms with Gasteiger partial charge in [-0.1, -0.05) is 468 Å². The van der Waals surface area contributed by atoms with Crippen molar-refractivity contribution in [2.75, 3.05) is 79.3 Å². The van der Waals surface area contributed by atoms with Gasteiger partial charge in [0.1, 0.15) is 0 Å². The normalized spacial score (nSPS) is 11.9. The van der Waals surface area contributed by atoms with Crippen LogP contribution in [0.5, 0.6) is 0 Å². The van der Waals surface area contributed by atoms with Crippen molar-refractivity contribution < 1.29 is 132 Å². The summed E-state index contributed by atoms with van der Waals surface area (Å²) in [6, 6.07) is 0. The summed E-state index contributed by atoms with van der Waals surface area (Å²) in [5, 5.41) is 0. The van der Waals surface area contributed by atoms with E-state index in [0.717, 1.165) is 231 Å². The van der Waals surface area contributed by atoms with Crippen molar-refractivity contribution in [1.29, 1.82) is 0 Å². The SMILES string of the molecule is CCCCCCCCOP(=O)([O-])OCCCCCCCC.CCCCCCCCOP(=O)([O-])OCCCCCCCC.CCCCCCCCOP(=O)([O-])OCCCCCCCC.CCCCCCCCOP(=O)([O-])OCCCCCCCC.CCCCCCCCOP(=O)([O-])OCCCCCCCC.CCCCCCCCOP(=O)([O-])OCCCCCCCC.[Mo]. The monoisotopic (exact) mass is 2030 g/mol. The Balaban J connectivity index is -0.000000272. The first-order valence-corrected chi connectivity index (χ1v) is 61.1. The van der Waals surface area contributed by atoms with Gasteiger partial charge in [0.2, 0.25) is 0 Å². The van der Waals surface area contributed by atoms with Gasteiger partial charge in [-0.05, 0) is 77.0 Å². The summed E-state index contributed by atoms with van der Waals surface area (Å²) in [5.41, 5.74) is 0. The number of hydrogen-bond donors (Lipinski definition) is 0. The van der Waals surface area contributed by atoms with E-state index in [9.17, 15) is 56.8 Å². The van der Waals surface area contributed by atoms with Crippen LogP contribution in [0.1, 0.15) is 545 Å². The fourth-order valence-electron chi connectivity index (χ4n) is 12.9. The molecule has 24 nitrogen and oxygen atoms in total. The predicted octanol–water partition coefficient (Wildman–Crippen LogP) is 31.3. The van der Waals surface area contributed by atoms with Gasteiger partial charge < -0.3 is 83.6 Å². The summed E-state index contributed by atoms with van der Waals surface area (Å²) in [6.45, 7) is 29.2. The average Bonchev–Trinajstić information content (AvgIpc) is 0.972. The third-order valence-electron chi connectivity index (χ3n) is 21.0. The molecule has 31 heteroatoms. The molecule has 0 radical (unpaired) electrons. The van der Waals surface area contributed by atoms with Crippen LogP contribution in [-0.4, -0.2) is 79.3 Å². The predicted molar refractivity (Wildman–Crippen MR) is 518 cm³/mol. The van der Waals surface area contributed by atoms with Gasteiger partial charge in [0.05, 0.1) is 79.3 Å². The molecule has 0 saturated heterocycles. The zero-order valence-corrected chi connectivity index (χ0v) is 91.7. The van der Waals surface area contributed by atoms with Crippen LogP contribution in [0.2, 0.25) is 0 Å². The zero-order chi connectivity index (χ0) is 94.9. The molecule has 0 bridgehead atoms. The fraction of sp³-hybridized carbons (Fsp3) is 1.00. The van der Waals surface area contributed by atoms with Crippen molar-refractivity contribution in [3.8, 4) is 0 Å². The van der Waals surface area contributed by atoms with E-state index in [-0.39, 0.29) is 100 Å². The maximum atomic E-state index is 11.5. The number of rotatable bonds is 96. The minimum Gasteiger partial charge on any atom is -0.756 e. The second-order valence-corrected chi connectivity index (χ2v) is 42.4. The molecule has 774 valence electrons. The molecule has 0 aliphatic rings. The molecule has 0 spiro atoms. The Morgan fingerprint density at radius 1 is 0.118 bits per heavy atom. The van der Waals surface area contributed by atoms with Gasteiger partial charge >= 0.3 is 0 Å². The molecular formula is C96H204MoO24P6-6. The van der Waals surface area contributed by atoms with E-state index in [1.54, 1.807) is 0 Å². The first kappa shape index (κ1) is 141. The molecule has 0 heterocycles. The summed E-state index contributed by atoms with van der Waals surface area (Å²) in [4.78, 5) is 68.9. The Kier molecular flexibility index (Phi) is 127. The van der Waals surface area contributed by atoms with E-state index in [4.69, 9.17) is 54.3 Å². The third-order valence-corrected chi connectivity index (χ3v) is 27.0. The zero-order valence-electron chi connectivity index (χ0n) is 84.3. The molecule has 0 aliphatic heterocycles. The second-order valence-electron chi connectivity index (χ2n) is 33.9. The van der Waals surface area contributed by atoms with Gasteiger partial charge in [0.25, 0.3) is 46.9 Å². The second kappa shape index (κ2) is 114. The third kappa shape index (κ3) is 136.